The SMILES string of the molecule is O=C(CO)C1CCC2=[N+](OCc3ccccc3)C(=O)N1C2. The van der Waals surface area contributed by atoms with Gasteiger partial charge in [-0.3, -0.25) is 4.79 Å². The Morgan fingerprint density at radius 2 is 2.14 bits per heavy atom. The van der Waals surface area contributed by atoms with Gasteiger partial charge in [-0.25, -0.2) is 4.90 Å². The van der Waals surface area contributed by atoms with Crippen molar-refractivity contribution in [1.29, 1.82) is 0 Å². The molecular weight excluding hydrogens is 272 g/mol. The van der Waals surface area contributed by atoms with Gasteiger partial charge >= 0.3 is 6.03 Å². The minimum absolute atomic E-state index is 0.308. The molecule has 1 saturated heterocycles. The summed E-state index contributed by atoms with van der Waals surface area (Å²) >= 11 is 0. The number of carbonyl (C=O) groups is 2. The highest BCUT2D eigenvalue weighted by molar-refractivity contribution is 5.98. The molecule has 110 valence electrons. The van der Waals surface area contributed by atoms with Gasteiger partial charge in [0.25, 0.3) is 0 Å². The number of benzene rings is 1. The molecule has 0 aliphatic carbocycles. The first-order valence-corrected chi connectivity index (χ1v) is 6.96. The van der Waals surface area contributed by atoms with Crippen LogP contribution in [0.15, 0.2) is 30.3 Å². The third-order valence-corrected chi connectivity index (χ3v) is 3.87. The minimum Gasteiger partial charge on any atom is -0.388 e. The molecule has 0 radical (unpaired) electrons. The summed E-state index contributed by atoms with van der Waals surface area (Å²) in [5.74, 6) is -0.313. The number of amides is 2. The van der Waals surface area contributed by atoms with E-state index in [1.54, 1.807) is 0 Å². The van der Waals surface area contributed by atoms with Gasteiger partial charge in [-0.2, -0.15) is 4.79 Å². The summed E-state index contributed by atoms with van der Waals surface area (Å²) < 4.78 is 1.30. The van der Waals surface area contributed by atoms with E-state index in [1.165, 1.54) is 9.64 Å². The molecule has 6 heteroatoms. The Bertz CT molecular complexity index is 597. The number of hydrogen-bond acceptors (Lipinski definition) is 4. The largest absolute Gasteiger partial charge is 0.533 e. The van der Waals surface area contributed by atoms with Gasteiger partial charge in [0.1, 0.15) is 6.61 Å². The normalized spacial score (nSPS) is 20.9. The fourth-order valence-corrected chi connectivity index (χ4v) is 2.76. The Morgan fingerprint density at radius 1 is 1.38 bits per heavy atom. The quantitative estimate of drug-likeness (QED) is 0.811. The Morgan fingerprint density at radius 3 is 2.86 bits per heavy atom. The number of aliphatic hydroxyl groups is 1. The fraction of sp³-hybridized carbons (Fsp3) is 0.400. The molecule has 1 N–H and O–H groups in total. The molecule has 1 unspecified atom stereocenters. The molecule has 1 fully saturated rings. The average Bonchev–Trinajstić information content (AvgIpc) is 2.77. The Kier molecular flexibility index (Phi) is 3.70. The predicted molar refractivity (Wildman–Crippen MR) is 73.7 cm³/mol. The van der Waals surface area contributed by atoms with E-state index in [2.05, 4.69) is 0 Å². The lowest BCUT2D eigenvalue weighted by Gasteiger charge is -2.20. The molecule has 0 saturated carbocycles. The highest BCUT2D eigenvalue weighted by Crippen LogP contribution is 2.23. The van der Waals surface area contributed by atoms with Crippen LogP contribution < -0.4 is 0 Å². The van der Waals surface area contributed by atoms with Crippen molar-refractivity contribution >= 4 is 17.5 Å². The molecule has 1 atom stereocenters. The molecule has 2 amide bonds. The standard InChI is InChI=1S/C15H17N2O4/c18-9-14(19)13-7-6-12-8-16(13)15(20)17(12)21-10-11-4-2-1-3-5-11/h1-5,13,18H,6-10H2/q+1. The Hall–Kier alpha value is -2.21. The van der Waals surface area contributed by atoms with E-state index in [9.17, 15) is 9.59 Å². The van der Waals surface area contributed by atoms with Crippen LogP contribution >= 0.6 is 0 Å². The zero-order valence-electron chi connectivity index (χ0n) is 11.6. The third kappa shape index (κ3) is 2.54. The van der Waals surface area contributed by atoms with E-state index in [4.69, 9.17) is 9.94 Å². The zero-order valence-corrected chi connectivity index (χ0v) is 11.6. The van der Waals surface area contributed by atoms with Crippen molar-refractivity contribution in [2.45, 2.75) is 25.5 Å². The maximum atomic E-state index is 12.3. The summed E-state index contributed by atoms with van der Waals surface area (Å²) in [6.07, 6.45) is 1.18. The van der Waals surface area contributed by atoms with Gasteiger partial charge in [0.05, 0.1) is 0 Å². The minimum atomic E-state index is -0.533. The number of aliphatic hydroxyl groups excluding tert-OH is 1. The highest BCUT2D eigenvalue weighted by atomic mass is 16.7. The Balaban J connectivity index is 1.70. The van der Waals surface area contributed by atoms with Crippen LogP contribution in [0, 0.1) is 0 Å². The van der Waals surface area contributed by atoms with Gasteiger partial charge < -0.3 is 9.94 Å². The van der Waals surface area contributed by atoms with Crippen LogP contribution in [-0.2, 0) is 16.2 Å². The van der Waals surface area contributed by atoms with Gasteiger partial charge in [0, 0.05) is 12.8 Å². The molecule has 0 aromatic heterocycles. The molecule has 2 aliphatic rings. The summed E-state index contributed by atoms with van der Waals surface area (Å²) in [4.78, 5) is 31.1. The summed E-state index contributed by atoms with van der Waals surface area (Å²) in [6, 6.07) is 8.75. The van der Waals surface area contributed by atoms with Gasteiger partial charge in [0.2, 0.25) is 5.78 Å². The van der Waals surface area contributed by atoms with Crippen LogP contribution in [0.25, 0.3) is 0 Å². The predicted octanol–water partition coefficient (Wildman–Crippen LogP) is 0.731. The summed E-state index contributed by atoms with van der Waals surface area (Å²) in [6.45, 7) is 0.182. The number of nitrogens with zero attached hydrogens (tertiary/aromatic N) is 2. The first-order chi connectivity index (χ1) is 10.2. The molecule has 2 bridgehead atoms. The number of fused-ring (bicyclic) bond motifs is 2. The third-order valence-electron chi connectivity index (χ3n) is 3.87. The van der Waals surface area contributed by atoms with E-state index in [0.29, 0.717) is 26.0 Å². The molecule has 2 heterocycles. The van der Waals surface area contributed by atoms with Crippen molar-refractivity contribution in [3.8, 4) is 0 Å². The van der Waals surface area contributed by atoms with Gasteiger partial charge in [-0.05, 0) is 10.3 Å². The second-order valence-corrected chi connectivity index (χ2v) is 5.21. The number of rotatable bonds is 5. The molecule has 0 spiro atoms. The summed E-state index contributed by atoms with van der Waals surface area (Å²) in [5.41, 5.74) is 1.85. The fourth-order valence-electron chi connectivity index (χ4n) is 2.76. The van der Waals surface area contributed by atoms with Crippen molar-refractivity contribution in [3.05, 3.63) is 35.9 Å². The van der Waals surface area contributed by atoms with Crippen LogP contribution in [0.2, 0.25) is 0 Å². The average molecular weight is 289 g/mol. The number of ketones is 1. The number of carbonyl (C=O) groups excluding carboxylic acids is 2. The van der Waals surface area contributed by atoms with Crippen LogP contribution in [0.4, 0.5) is 4.79 Å². The van der Waals surface area contributed by atoms with Crippen LogP contribution in [-0.4, -0.2) is 51.5 Å². The van der Waals surface area contributed by atoms with Crippen molar-refractivity contribution in [2.24, 2.45) is 0 Å². The van der Waals surface area contributed by atoms with E-state index in [-0.39, 0.29) is 11.8 Å². The highest BCUT2D eigenvalue weighted by Gasteiger charge is 2.50. The number of hydroxylamine groups is 1. The van der Waals surface area contributed by atoms with E-state index < -0.39 is 12.6 Å². The molecular formula is C15H17N2O4+. The molecule has 6 nitrogen and oxygen atoms in total. The lowest BCUT2D eigenvalue weighted by molar-refractivity contribution is -0.720. The van der Waals surface area contributed by atoms with Crippen LogP contribution in [0.1, 0.15) is 18.4 Å². The topological polar surface area (TPSA) is 69.8 Å². The maximum absolute atomic E-state index is 12.3. The lowest BCUT2D eigenvalue weighted by Crippen LogP contribution is -2.47. The van der Waals surface area contributed by atoms with E-state index in [0.717, 1.165) is 11.3 Å². The van der Waals surface area contributed by atoms with Crippen LogP contribution in [0.5, 0.6) is 0 Å². The zero-order chi connectivity index (χ0) is 14.8. The smallest absolute Gasteiger partial charge is 0.388 e. The van der Waals surface area contributed by atoms with Gasteiger partial charge in [-0.15, -0.1) is 0 Å². The first kappa shape index (κ1) is 13.8. The van der Waals surface area contributed by atoms with Crippen molar-refractivity contribution in [2.75, 3.05) is 13.2 Å². The number of urea groups is 1. The summed E-state index contributed by atoms with van der Waals surface area (Å²) in [7, 11) is 0. The maximum Gasteiger partial charge on any atom is 0.533 e. The number of hydrogen-bond donors (Lipinski definition) is 1. The second-order valence-electron chi connectivity index (χ2n) is 5.21. The van der Waals surface area contributed by atoms with E-state index in [1.807, 2.05) is 30.3 Å². The summed E-state index contributed by atoms with van der Waals surface area (Å²) in [5, 5.41) is 8.98. The van der Waals surface area contributed by atoms with Crippen LogP contribution in [0.3, 0.4) is 0 Å². The van der Waals surface area contributed by atoms with Gasteiger partial charge in [-0.1, -0.05) is 30.3 Å². The molecule has 21 heavy (non-hydrogen) atoms. The monoisotopic (exact) mass is 289 g/mol. The molecule has 1 aromatic rings. The Labute approximate surface area is 122 Å². The molecule has 1 aromatic carbocycles. The van der Waals surface area contributed by atoms with Crippen molar-refractivity contribution in [1.82, 2.24) is 4.90 Å². The second kappa shape index (κ2) is 5.65. The van der Waals surface area contributed by atoms with Crippen molar-refractivity contribution < 1.29 is 24.3 Å². The van der Waals surface area contributed by atoms with E-state index >= 15 is 0 Å². The van der Waals surface area contributed by atoms with Gasteiger partial charge in [0.15, 0.2) is 24.9 Å². The van der Waals surface area contributed by atoms with Crippen molar-refractivity contribution in [3.63, 3.8) is 0 Å². The lowest BCUT2D eigenvalue weighted by atomic mass is 9.99. The molecule has 3 rings (SSSR count). The molecule has 2 aliphatic heterocycles. The number of piperidine rings is 1. The first-order valence-electron chi connectivity index (χ1n) is 6.96. The number of Topliss-reactive ketones (excluding diaryl/α,β-unsaturated/α-hetero) is 1.